The second kappa shape index (κ2) is 14.4. The van der Waals surface area contributed by atoms with Gasteiger partial charge in [-0.15, -0.1) is 0 Å². The summed E-state index contributed by atoms with van der Waals surface area (Å²) in [4.78, 5) is 55.7. The van der Waals surface area contributed by atoms with Crippen molar-refractivity contribution < 1.29 is 39.2 Å². The first-order valence-corrected chi connectivity index (χ1v) is 23.2. The first-order chi connectivity index (χ1) is 26.8. The van der Waals surface area contributed by atoms with Crippen molar-refractivity contribution in [1.29, 1.82) is 0 Å². The lowest BCUT2D eigenvalue weighted by molar-refractivity contribution is -0.253. The first kappa shape index (κ1) is 43.9. The summed E-state index contributed by atoms with van der Waals surface area (Å²) >= 11 is 0. The van der Waals surface area contributed by atoms with Gasteiger partial charge in [0.1, 0.15) is 6.10 Å². The molecule has 58 heavy (non-hydrogen) atoms. The Hall–Kier alpha value is -2.20. The number of amides is 2. The van der Waals surface area contributed by atoms with Crippen molar-refractivity contribution in [3.05, 3.63) is 0 Å². The molecule has 2 amide bonds. The number of nitrogens with zero attached hydrogens (tertiary/aromatic N) is 1. The number of rotatable bonds is 9. The molecule has 13 atom stereocenters. The number of carbonyl (C=O) groups is 4. The summed E-state index contributed by atoms with van der Waals surface area (Å²) in [6.07, 6.45) is 12.4. The van der Waals surface area contributed by atoms with Crippen LogP contribution in [-0.4, -0.2) is 81.4 Å². The standard InChI is InChI=1S/C48H78N2O8/c1-41(2,40(55)56)27-36(52)58-35-18-19-44(7)32(43(35,5)6)17-20-46(9)33(44)15-14-29-37-30(47(10,57)28-51)16-21-48(37,23-22-45(29,46)8)39(54)49-34-26-31(42(34,3)4)38(53)50-24-12-11-13-25-50/h29-35,37,51,57H,11-28H2,1-10H3,(H,49,54)(H,55,56)/t29-,30-,31-,32+,33-,34-,35+,37+,44+,45-,46-,47?,48+/m1/s1. The van der Waals surface area contributed by atoms with Crippen LogP contribution in [0.25, 0.3) is 0 Å². The summed E-state index contributed by atoms with van der Waals surface area (Å²) < 4.78 is 6.18. The Morgan fingerprint density at radius 3 is 2.07 bits per heavy atom. The minimum Gasteiger partial charge on any atom is -0.481 e. The van der Waals surface area contributed by atoms with Gasteiger partial charge < -0.3 is 30.3 Å². The number of likely N-dealkylation sites (tertiary alicyclic amines) is 1. The predicted octanol–water partition coefficient (Wildman–Crippen LogP) is 7.77. The molecule has 0 spiro atoms. The smallest absolute Gasteiger partial charge is 0.309 e. The minimum absolute atomic E-state index is 0.00881. The zero-order chi connectivity index (χ0) is 42.6. The molecule has 10 nitrogen and oxygen atoms in total. The van der Waals surface area contributed by atoms with Crippen LogP contribution in [-0.2, 0) is 23.9 Å². The van der Waals surface area contributed by atoms with Gasteiger partial charge in [-0.1, -0.05) is 48.5 Å². The van der Waals surface area contributed by atoms with E-state index >= 15 is 4.79 Å². The Morgan fingerprint density at radius 2 is 1.45 bits per heavy atom. The van der Waals surface area contributed by atoms with Crippen molar-refractivity contribution in [2.75, 3.05) is 19.7 Å². The monoisotopic (exact) mass is 811 g/mol. The third-order valence-corrected chi connectivity index (χ3v) is 19.9. The minimum atomic E-state index is -1.30. The summed E-state index contributed by atoms with van der Waals surface area (Å²) in [7, 11) is 0. The number of carbonyl (C=O) groups excluding carboxylic acids is 3. The molecule has 0 aromatic rings. The largest absolute Gasteiger partial charge is 0.481 e. The Kier molecular flexibility index (Phi) is 10.9. The fourth-order valence-corrected chi connectivity index (χ4v) is 15.8. The number of fused-ring (bicyclic) bond motifs is 7. The maximum atomic E-state index is 15.1. The quantitative estimate of drug-likeness (QED) is 0.173. The topological polar surface area (TPSA) is 153 Å². The van der Waals surface area contributed by atoms with Gasteiger partial charge in [-0.3, -0.25) is 19.2 Å². The highest BCUT2D eigenvalue weighted by Crippen LogP contribution is 2.78. The van der Waals surface area contributed by atoms with Crippen LogP contribution in [0.15, 0.2) is 0 Å². The van der Waals surface area contributed by atoms with Gasteiger partial charge >= 0.3 is 11.9 Å². The van der Waals surface area contributed by atoms with Crippen LogP contribution in [0.4, 0.5) is 0 Å². The van der Waals surface area contributed by atoms with Crippen LogP contribution in [0.2, 0.25) is 0 Å². The Balaban J connectivity index is 1.13. The number of carboxylic acid groups (broad SMARTS) is 1. The highest BCUT2D eigenvalue weighted by Gasteiger charge is 2.73. The number of piperidine rings is 1. The molecule has 1 heterocycles. The van der Waals surface area contributed by atoms with E-state index in [0.29, 0.717) is 31.1 Å². The number of aliphatic hydroxyl groups excluding tert-OH is 1. The van der Waals surface area contributed by atoms with Gasteiger partial charge in [-0.2, -0.15) is 0 Å². The molecule has 0 radical (unpaired) electrons. The molecule has 4 N–H and O–H groups in total. The van der Waals surface area contributed by atoms with E-state index in [1.165, 1.54) is 6.42 Å². The van der Waals surface area contributed by atoms with Crippen LogP contribution in [0, 0.1) is 73.4 Å². The molecule has 1 saturated heterocycles. The number of carboxylic acids is 1. The summed E-state index contributed by atoms with van der Waals surface area (Å²) in [5, 5.41) is 35.8. The Bertz CT molecular complexity index is 1650. The number of aliphatic hydroxyl groups is 2. The molecular weight excluding hydrogens is 733 g/mol. The van der Waals surface area contributed by atoms with Gasteiger partial charge in [0.05, 0.1) is 29.5 Å². The van der Waals surface area contributed by atoms with Gasteiger partial charge in [0.2, 0.25) is 11.8 Å². The molecule has 0 aromatic heterocycles. The maximum Gasteiger partial charge on any atom is 0.309 e. The van der Waals surface area contributed by atoms with E-state index in [1.807, 2.05) is 4.90 Å². The number of esters is 1. The fourth-order valence-electron chi connectivity index (χ4n) is 15.8. The average Bonchev–Trinajstić information content (AvgIpc) is 3.56. The van der Waals surface area contributed by atoms with Gasteiger partial charge in [0.15, 0.2) is 0 Å². The molecule has 1 unspecified atom stereocenters. The molecule has 7 fully saturated rings. The zero-order valence-corrected chi connectivity index (χ0v) is 37.7. The molecule has 0 aromatic carbocycles. The number of nitrogens with one attached hydrogen (secondary N) is 1. The Morgan fingerprint density at radius 1 is 0.776 bits per heavy atom. The molecule has 10 heteroatoms. The van der Waals surface area contributed by atoms with E-state index in [4.69, 9.17) is 4.74 Å². The second-order valence-corrected chi connectivity index (χ2v) is 23.7. The Labute approximate surface area is 348 Å². The van der Waals surface area contributed by atoms with E-state index in [0.717, 1.165) is 77.3 Å². The van der Waals surface area contributed by atoms with Crippen LogP contribution >= 0.6 is 0 Å². The lowest BCUT2D eigenvalue weighted by atomic mass is 9.32. The summed E-state index contributed by atoms with van der Waals surface area (Å²) in [6.45, 7) is 22.6. The maximum absolute atomic E-state index is 15.1. The van der Waals surface area contributed by atoms with E-state index < -0.39 is 28.4 Å². The highest BCUT2D eigenvalue weighted by molar-refractivity contribution is 5.86. The fraction of sp³-hybridized carbons (Fsp3) is 0.917. The van der Waals surface area contributed by atoms with Gasteiger partial charge in [-0.25, -0.2) is 0 Å². The summed E-state index contributed by atoms with van der Waals surface area (Å²) in [5.41, 5.74) is -3.80. The molecule has 7 rings (SSSR count). The number of hydrogen-bond donors (Lipinski definition) is 4. The molecule has 6 saturated carbocycles. The predicted molar refractivity (Wildman–Crippen MR) is 222 cm³/mol. The SMILES string of the molecule is CC(C)(CC(=O)O[C@H]1CC[C@]2(C)[C@H]3CC[C@@H]4[C@H]5[C@H](C(C)(O)CO)CC[C@]5(C(=O)N[C@@H]5C[C@H](C(=O)N6CCCCC6)C5(C)C)CC[C@@]4(C)[C@]3(C)CC[C@H]2C1(C)C)C(=O)O. The van der Waals surface area contributed by atoms with Crippen molar-refractivity contribution in [2.24, 2.45) is 73.4 Å². The summed E-state index contributed by atoms with van der Waals surface area (Å²) in [5.74, 6) is -0.468. The van der Waals surface area contributed by atoms with E-state index in [9.17, 15) is 29.7 Å². The van der Waals surface area contributed by atoms with Crippen LogP contribution in [0.3, 0.4) is 0 Å². The van der Waals surface area contributed by atoms with E-state index in [-0.39, 0.29) is 87.7 Å². The molecule has 0 bridgehead atoms. The summed E-state index contributed by atoms with van der Waals surface area (Å²) in [6, 6.07) is -0.0793. The molecular formula is C48H78N2O8. The van der Waals surface area contributed by atoms with Crippen molar-refractivity contribution >= 4 is 23.8 Å². The van der Waals surface area contributed by atoms with E-state index in [2.05, 4.69) is 53.8 Å². The van der Waals surface area contributed by atoms with Gasteiger partial charge in [0.25, 0.3) is 0 Å². The number of hydrogen-bond acceptors (Lipinski definition) is 7. The highest BCUT2D eigenvalue weighted by atomic mass is 16.5. The van der Waals surface area contributed by atoms with Crippen molar-refractivity contribution in [3.63, 3.8) is 0 Å². The van der Waals surface area contributed by atoms with Crippen LogP contribution in [0.5, 0.6) is 0 Å². The third kappa shape index (κ3) is 6.42. The van der Waals surface area contributed by atoms with Crippen molar-refractivity contribution in [3.8, 4) is 0 Å². The van der Waals surface area contributed by atoms with E-state index in [1.54, 1.807) is 20.8 Å². The van der Waals surface area contributed by atoms with Gasteiger partial charge in [0, 0.05) is 30.5 Å². The molecule has 6 aliphatic carbocycles. The average molecular weight is 811 g/mol. The molecule has 7 aliphatic rings. The molecule has 328 valence electrons. The first-order valence-electron chi connectivity index (χ1n) is 23.2. The van der Waals surface area contributed by atoms with Crippen LogP contribution in [0.1, 0.15) is 166 Å². The zero-order valence-electron chi connectivity index (χ0n) is 37.7. The second-order valence-electron chi connectivity index (χ2n) is 23.7. The molecule has 1 aliphatic heterocycles. The third-order valence-electron chi connectivity index (χ3n) is 19.9. The van der Waals surface area contributed by atoms with Crippen LogP contribution < -0.4 is 5.32 Å². The van der Waals surface area contributed by atoms with Crippen molar-refractivity contribution in [2.45, 2.75) is 183 Å². The lowest BCUT2D eigenvalue weighted by Crippen LogP contribution is -2.69. The number of ether oxygens (including phenoxy) is 1. The van der Waals surface area contributed by atoms with Crippen molar-refractivity contribution in [1.82, 2.24) is 10.2 Å². The van der Waals surface area contributed by atoms with Gasteiger partial charge in [-0.05, 0) is 162 Å². The normalized spacial score (nSPS) is 43.9. The lowest BCUT2D eigenvalue weighted by Gasteiger charge is -2.73. The number of aliphatic carboxylic acids is 1.